The van der Waals surface area contributed by atoms with Crippen LogP contribution >= 0.6 is 0 Å². The van der Waals surface area contributed by atoms with Crippen molar-refractivity contribution in [3.63, 3.8) is 0 Å². The van der Waals surface area contributed by atoms with Crippen molar-refractivity contribution >= 4 is 5.97 Å². The molecule has 78 valence electrons. The highest BCUT2D eigenvalue weighted by Gasteiger charge is 2.26. The topological polar surface area (TPSA) is 53.3 Å². The van der Waals surface area contributed by atoms with E-state index in [4.69, 9.17) is 10.00 Å². The Hall–Kier alpha value is -1.24. The number of likely N-dealkylation sites (tertiary alicyclic amines) is 1. The van der Waals surface area contributed by atoms with Gasteiger partial charge >= 0.3 is 5.97 Å². The van der Waals surface area contributed by atoms with E-state index in [2.05, 4.69) is 6.19 Å². The van der Waals surface area contributed by atoms with Crippen LogP contribution in [0.5, 0.6) is 0 Å². The van der Waals surface area contributed by atoms with Gasteiger partial charge in [-0.05, 0) is 26.7 Å². The Balaban J connectivity index is 2.37. The summed E-state index contributed by atoms with van der Waals surface area (Å²) in [5.41, 5.74) is 0. The number of carbonyl (C=O) groups is 1. The lowest BCUT2D eigenvalue weighted by Crippen LogP contribution is -2.28. The normalized spacial score (nSPS) is 21.0. The molecule has 4 heteroatoms. The maximum atomic E-state index is 11.3. The Bertz CT molecular complexity index is 245. The summed E-state index contributed by atoms with van der Waals surface area (Å²) in [6.07, 6.45) is 4.28. The lowest BCUT2D eigenvalue weighted by atomic mass is 10.1. The fourth-order valence-corrected chi connectivity index (χ4v) is 1.68. The van der Waals surface area contributed by atoms with Crippen LogP contribution in [-0.4, -0.2) is 29.6 Å². The van der Waals surface area contributed by atoms with E-state index < -0.39 is 0 Å². The maximum Gasteiger partial charge on any atom is 0.308 e. The van der Waals surface area contributed by atoms with Crippen LogP contribution in [0.2, 0.25) is 0 Å². The number of nitriles is 1. The number of hydrogen-bond donors (Lipinski definition) is 0. The first-order valence-electron chi connectivity index (χ1n) is 4.99. The Morgan fingerprint density at radius 1 is 1.71 bits per heavy atom. The van der Waals surface area contributed by atoms with Crippen LogP contribution < -0.4 is 0 Å². The average Bonchev–Trinajstić information content (AvgIpc) is 2.50. The molecule has 1 atom stereocenters. The summed E-state index contributed by atoms with van der Waals surface area (Å²) in [5.74, 6) is -0.202. The molecule has 0 aliphatic carbocycles. The van der Waals surface area contributed by atoms with Crippen LogP contribution in [0.25, 0.3) is 0 Å². The number of carbonyl (C=O) groups excluding carboxylic acids is 1. The van der Waals surface area contributed by atoms with Gasteiger partial charge in [-0.1, -0.05) is 0 Å². The molecule has 4 nitrogen and oxygen atoms in total. The Morgan fingerprint density at radius 2 is 2.43 bits per heavy atom. The molecule has 0 N–H and O–H groups in total. The second-order valence-corrected chi connectivity index (χ2v) is 3.83. The van der Waals surface area contributed by atoms with Gasteiger partial charge in [0.15, 0.2) is 6.19 Å². The standard InChI is InChI=1S/C10H16N2O2/c1-8(2)14-10(13)6-9-4-3-5-12(9)7-11/h8-9H,3-6H2,1-2H3/t9-/m0/s1. The first-order valence-corrected chi connectivity index (χ1v) is 4.99. The van der Waals surface area contributed by atoms with Gasteiger partial charge in [-0.2, -0.15) is 5.26 Å². The molecule has 1 fully saturated rings. The molecule has 1 aliphatic rings. The van der Waals surface area contributed by atoms with E-state index in [1.54, 1.807) is 4.90 Å². The van der Waals surface area contributed by atoms with Gasteiger partial charge in [-0.15, -0.1) is 0 Å². The number of esters is 1. The number of ether oxygens (including phenoxy) is 1. The van der Waals surface area contributed by atoms with Gasteiger partial charge in [0.05, 0.1) is 12.5 Å². The van der Waals surface area contributed by atoms with E-state index in [0.717, 1.165) is 19.4 Å². The quantitative estimate of drug-likeness (QED) is 0.504. The van der Waals surface area contributed by atoms with Crippen molar-refractivity contribution in [3.05, 3.63) is 0 Å². The SMILES string of the molecule is CC(C)OC(=O)C[C@@H]1CCCN1C#N. The van der Waals surface area contributed by atoms with Crippen molar-refractivity contribution in [3.8, 4) is 6.19 Å². The summed E-state index contributed by atoms with van der Waals surface area (Å²) >= 11 is 0. The predicted octanol–water partition coefficient (Wildman–Crippen LogP) is 1.27. The summed E-state index contributed by atoms with van der Waals surface area (Å²) in [6.45, 7) is 4.43. The van der Waals surface area contributed by atoms with Crippen LogP contribution in [0.15, 0.2) is 0 Å². The van der Waals surface area contributed by atoms with Crippen LogP contribution in [0.4, 0.5) is 0 Å². The molecule has 1 saturated heterocycles. The number of hydrogen-bond acceptors (Lipinski definition) is 4. The van der Waals surface area contributed by atoms with Crippen molar-refractivity contribution in [2.45, 2.75) is 45.3 Å². The highest BCUT2D eigenvalue weighted by Crippen LogP contribution is 2.19. The molecule has 0 aromatic carbocycles. The van der Waals surface area contributed by atoms with E-state index >= 15 is 0 Å². The second kappa shape index (κ2) is 4.85. The molecule has 0 amide bonds. The van der Waals surface area contributed by atoms with E-state index in [0.29, 0.717) is 6.42 Å². The van der Waals surface area contributed by atoms with Crippen LogP contribution in [-0.2, 0) is 9.53 Å². The molecule has 0 spiro atoms. The summed E-state index contributed by atoms with van der Waals surface area (Å²) in [4.78, 5) is 13.0. The molecule has 0 aromatic rings. The molecule has 0 aromatic heterocycles. The van der Waals surface area contributed by atoms with E-state index in [1.165, 1.54) is 0 Å². The zero-order valence-electron chi connectivity index (χ0n) is 8.69. The third-order valence-electron chi connectivity index (χ3n) is 2.28. The van der Waals surface area contributed by atoms with Crippen molar-refractivity contribution in [2.75, 3.05) is 6.54 Å². The van der Waals surface area contributed by atoms with Crippen molar-refractivity contribution < 1.29 is 9.53 Å². The minimum absolute atomic E-state index is 0.0613. The summed E-state index contributed by atoms with van der Waals surface area (Å²) in [5, 5.41) is 8.76. The van der Waals surface area contributed by atoms with Gasteiger partial charge in [0.25, 0.3) is 0 Å². The third-order valence-corrected chi connectivity index (χ3v) is 2.28. The number of nitrogens with zero attached hydrogens (tertiary/aromatic N) is 2. The number of rotatable bonds is 3. The first-order chi connectivity index (χ1) is 6.63. The van der Waals surface area contributed by atoms with Crippen molar-refractivity contribution in [2.24, 2.45) is 0 Å². The van der Waals surface area contributed by atoms with Gasteiger partial charge in [0.1, 0.15) is 0 Å². The highest BCUT2D eigenvalue weighted by molar-refractivity contribution is 5.70. The predicted molar refractivity (Wildman–Crippen MR) is 51.2 cm³/mol. The molecule has 1 aliphatic heterocycles. The highest BCUT2D eigenvalue weighted by atomic mass is 16.5. The monoisotopic (exact) mass is 196 g/mol. The minimum Gasteiger partial charge on any atom is -0.463 e. The maximum absolute atomic E-state index is 11.3. The first kappa shape index (κ1) is 10.8. The van der Waals surface area contributed by atoms with Crippen LogP contribution in [0.1, 0.15) is 33.1 Å². The van der Waals surface area contributed by atoms with E-state index in [9.17, 15) is 4.79 Å². The van der Waals surface area contributed by atoms with Crippen molar-refractivity contribution in [1.82, 2.24) is 4.90 Å². The zero-order chi connectivity index (χ0) is 10.6. The second-order valence-electron chi connectivity index (χ2n) is 3.83. The summed E-state index contributed by atoms with van der Waals surface area (Å²) in [7, 11) is 0. The van der Waals surface area contributed by atoms with Gasteiger partial charge in [-0.3, -0.25) is 4.79 Å². The lowest BCUT2D eigenvalue weighted by molar-refractivity contribution is -0.148. The molecule has 0 saturated carbocycles. The van der Waals surface area contributed by atoms with Crippen LogP contribution in [0.3, 0.4) is 0 Å². The lowest BCUT2D eigenvalue weighted by Gasteiger charge is -2.17. The molecule has 14 heavy (non-hydrogen) atoms. The smallest absolute Gasteiger partial charge is 0.308 e. The Labute approximate surface area is 84.4 Å². The van der Waals surface area contributed by atoms with Gasteiger partial charge in [-0.25, -0.2) is 0 Å². The molecular formula is C10H16N2O2. The zero-order valence-corrected chi connectivity index (χ0v) is 8.69. The third kappa shape index (κ3) is 2.91. The average molecular weight is 196 g/mol. The molecule has 1 heterocycles. The molecule has 0 radical (unpaired) electrons. The van der Waals surface area contributed by atoms with Gasteiger partial charge in [0.2, 0.25) is 0 Å². The van der Waals surface area contributed by atoms with Crippen LogP contribution in [0, 0.1) is 11.5 Å². The van der Waals surface area contributed by atoms with Gasteiger partial charge in [0, 0.05) is 12.6 Å². The Morgan fingerprint density at radius 3 is 3.00 bits per heavy atom. The Kier molecular flexibility index (Phi) is 3.75. The molecule has 0 bridgehead atoms. The molecular weight excluding hydrogens is 180 g/mol. The summed E-state index contributed by atoms with van der Waals surface area (Å²) < 4.78 is 5.03. The fourth-order valence-electron chi connectivity index (χ4n) is 1.68. The van der Waals surface area contributed by atoms with E-state index in [-0.39, 0.29) is 18.1 Å². The largest absolute Gasteiger partial charge is 0.463 e. The van der Waals surface area contributed by atoms with Gasteiger partial charge < -0.3 is 9.64 Å². The molecule has 0 unspecified atom stereocenters. The molecule has 1 rings (SSSR count). The van der Waals surface area contributed by atoms with Crippen molar-refractivity contribution in [1.29, 1.82) is 5.26 Å². The van der Waals surface area contributed by atoms with E-state index in [1.807, 2.05) is 13.8 Å². The summed E-state index contributed by atoms with van der Waals surface area (Å²) in [6, 6.07) is 0.0613. The minimum atomic E-state index is -0.202. The fraction of sp³-hybridized carbons (Fsp3) is 0.800.